The minimum atomic E-state index is -0.511. The molecule has 2 amide bonds. The van der Waals surface area contributed by atoms with Crippen LogP contribution in [0.5, 0.6) is 0 Å². The quantitative estimate of drug-likeness (QED) is 0.358. The summed E-state index contributed by atoms with van der Waals surface area (Å²) in [6.45, 7) is -0.222. The van der Waals surface area contributed by atoms with Crippen molar-refractivity contribution in [2.24, 2.45) is 0 Å². The number of aliphatic hydroxyl groups is 1. The standard InChI is InChI=1S/C5H9NO4/c7-1-2-10-3-5(9)6-4-8/h4,7H,1-3H2,(H,6,8,9). The van der Waals surface area contributed by atoms with Gasteiger partial charge in [-0.2, -0.15) is 0 Å². The molecular weight excluding hydrogens is 138 g/mol. The van der Waals surface area contributed by atoms with Crippen LogP contribution in [-0.2, 0) is 14.3 Å². The van der Waals surface area contributed by atoms with Crippen LogP contribution in [0.1, 0.15) is 0 Å². The minimum absolute atomic E-state index is 0.103. The zero-order chi connectivity index (χ0) is 7.82. The SMILES string of the molecule is O=CNC(=O)COCCO. The van der Waals surface area contributed by atoms with Gasteiger partial charge in [-0.15, -0.1) is 0 Å². The summed E-state index contributed by atoms with van der Waals surface area (Å²) in [4.78, 5) is 20.0. The molecule has 0 radical (unpaired) electrons. The van der Waals surface area contributed by atoms with Crippen LogP contribution in [0.2, 0.25) is 0 Å². The third-order valence-electron chi connectivity index (χ3n) is 0.689. The van der Waals surface area contributed by atoms with Gasteiger partial charge in [0.1, 0.15) is 6.61 Å². The van der Waals surface area contributed by atoms with Gasteiger partial charge in [-0.1, -0.05) is 0 Å². The fourth-order valence-corrected chi connectivity index (χ4v) is 0.337. The normalized spacial score (nSPS) is 8.90. The van der Waals surface area contributed by atoms with E-state index < -0.39 is 5.91 Å². The van der Waals surface area contributed by atoms with Crippen LogP contribution < -0.4 is 5.32 Å². The highest BCUT2D eigenvalue weighted by Gasteiger charge is 1.96. The molecule has 0 aliphatic carbocycles. The molecule has 0 aromatic carbocycles. The number of nitrogens with one attached hydrogen (secondary N) is 1. The summed E-state index contributed by atoms with van der Waals surface area (Å²) in [6, 6.07) is 0. The Kier molecular flexibility index (Phi) is 5.60. The first-order valence-electron chi connectivity index (χ1n) is 2.73. The highest BCUT2D eigenvalue weighted by molar-refractivity contribution is 5.86. The second kappa shape index (κ2) is 6.18. The molecule has 0 saturated heterocycles. The van der Waals surface area contributed by atoms with Crippen LogP contribution in [0.15, 0.2) is 0 Å². The average Bonchev–Trinajstić information content (AvgIpc) is 1.89. The summed E-state index contributed by atoms with van der Waals surface area (Å²) in [5.74, 6) is -0.511. The maximum atomic E-state index is 10.4. The van der Waals surface area contributed by atoms with Gasteiger partial charge < -0.3 is 9.84 Å². The fourth-order valence-electron chi connectivity index (χ4n) is 0.337. The van der Waals surface area contributed by atoms with Crippen molar-refractivity contribution in [3.05, 3.63) is 0 Å². The van der Waals surface area contributed by atoms with E-state index >= 15 is 0 Å². The Morgan fingerprint density at radius 2 is 2.40 bits per heavy atom. The monoisotopic (exact) mass is 147 g/mol. The molecule has 10 heavy (non-hydrogen) atoms. The molecular formula is C5H9NO4. The maximum Gasteiger partial charge on any atom is 0.252 e. The van der Waals surface area contributed by atoms with Gasteiger partial charge >= 0.3 is 0 Å². The Morgan fingerprint density at radius 3 is 2.90 bits per heavy atom. The van der Waals surface area contributed by atoms with Crippen molar-refractivity contribution in [1.29, 1.82) is 0 Å². The van der Waals surface area contributed by atoms with Crippen molar-refractivity contribution in [3.8, 4) is 0 Å². The largest absolute Gasteiger partial charge is 0.394 e. The molecule has 0 aromatic rings. The van der Waals surface area contributed by atoms with E-state index in [9.17, 15) is 9.59 Å². The second-order valence-corrected chi connectivity index (χ2v) is 1.46. The van der Waals surface area contributed by atoms with Gasteiger partial charge in [0, 0.05) is 0 Å². The molecule has 0 rings (SSSR count). The van der Waals surface area contributed by atoms with Gasteiger partial charge in [0.2, 0.25) is 6.41 Å². The molecule has 0 aliphatic heterocycles. The Morgan fingerprint density at radius 1 is 1.70 bits per heavy atom. The topological polar surface area (TPSA) is 75.6 Å². The smallest absolute Gasteiger partial charge is 0.252 e. The Labute approximate surface area is 58.0 Å². The van der Waals surface area contributed by atoms with Crippen LogP contribution >= 0.6 is 0 Å². The molecule has 5 nitrogen and oxygen atoms in total. The van der Waals surface area contributed by atoms with E-state index in [-0.39, 0.29) is 26.2 Å². The maximum absolute atomic E-state index is 10.4. The number of hydrogen-bond acceptors (Lipinski definition) is 4. The highest BCUT2D eigenvalue weighted by Crippen LogP contribution is 1.71. The van der Waals surface area contributed by atoms with Crippen molar-refractivity contribution in [2.75, 3.05) is 19.8 Å². The zero-order valence-corrected chi connectivity index (χ0v) is 5.37. The van der Waals surface area contributed by atoms with Gasteiger partial charge in [0.05, 0.1) is 13.2 Å². The number of amides is 2. The van der Waals surface area contributed by atoms with Gasteiger partial charge in [-0.25, -0.2) is 0 Å². The second-order valence-electron chi connectivity index (χ2n) is 1.46. The lowest BCUT2D eigenvalue weighted by Gasteiger charge is -1.98. The first-order chi connectivity index (χ1) is 4.81. The van der Waals surface area contributed by atoms with Gasteiger partial charge in [0.25, 0.3) is 5.91 Å². The van der Waals surface area contributed by atoms with E-state index in [2.05, 4.69) is 4.74 Å². The first-order valence-corrected chi connectivity index (χ1v) is 2.73. The highest BCUT2D eigenvalue weighted by atomic mass is 16.5. The molecule has 0 spiro atoms. The minimum Gasteiger partial charge on any atom is -0.394 e. The summed E-state index contributed by atoms with van der Waals surface area (Å²) in [7, 11) is 0. The molecule has 0 unspecified atom stereocenters. The number of carbonyl (C=O) groups is 2. The van der Waals surface area contributed by atoms with Crippen molar-refractivity contribution in [3.63, 3.8) is 0 Å². The van der Waals surface area contributed by atoms with Crippen LogP contribution in [0.25, 0.3) is 0 Å². The molecule has 58 valence electrons. The van der Waals surface area contributed by atoms with Crippen LogP contribution in [-0.4, -0.2) is 37.2 Å². The lowest BCUT2D eigenvalue weighted by molar-refractivity contribution is -0.129. The molecule has 0 aromatic heterocycles. The Bertz CT molecular complexity index is 114. The number of hydrogen-bond donors (Lipinski definition) is 2. The van der Waals surface area contributed by atoms with Crippen LogP contribution in [0, 0.1) is 0 Å². The van der Waals surface area contributed by atoms with E-state index in [1.807, 2.05) is 5.32 Å². The number of aliphatic hydroxyl groups excluding tert-OH is 1. The average molecular weight is 147 g/mol. The zero-order valence-electron chi connectivity index (χ0n) is 5.37. The van der Waals surface area contributed by atoms with Crippen molar-refractivity contribution < 1.29 is 19.4 Å². The molecule has 0 atom stereocenters. The number of ether oxygens (including phenoxy) is 1. The van der Waals surface area contributed by atoms with Crippen LogP contribution in [0.3, 0.4) is 0 Å². The van der Waals surface area contributed by atoms with Crippen molar-refractivity contribution in [1.82, 2.24) is 5.32 Å². The number of carbonyl (C=O) groups excluding carboxylic acids is 2. The van der Waals surface area contributed by atoms with E-state index in [4.69, 9.17) is 5.11 Å². The predicted molar refractivity (Wildman–Crippen MR) is 32.1 cm³/mol. The number of imide groups is 1. The van der Waals surface area contributed by atoms with Gasteiger partial charge in [-0.05, 0) is 0 Å². The van der Waals surface area contributed by atoms with Gasteiger partial charge in [0.15, 0.2) is 0 Å². The molecule has 5 heteroatoms. The van der Waals surface area contributed by atoms with Crippen molar-refractivity contribution in [2.45, 2.75) is 0 Å². The van der Waals surface area contributed by atoms with E-state index in [0.29, 0.717) is 0 Å². The summed E-state index contributed by atoms with van der Waals surface area (Å²) < 4.78 is 4.58. The fraction of sp³-hybridized carbons (Fsp3) is 0.600. The third kappa shape index (κ3) is 5.20. The van der Waals surface area contributed by atoms with Gasteiger partial charge in [-0.3, -0.25) is 14.9 Å². The Hall–Kier alpha value is -0.940. The summed E-state index contributed by atoms with van der Waals surface area (Å²) in [5.41, 5.74) is 0. The first kappa shape index (κ1) is 9.06. The summed E-state index contributed by atoms with van der Waals surface area (Å²) >= 11 is 0. The lowest BCUT2D eigenvalue weighted by atomic mass is 10.6. The Balaban J connectivity index is 3.13. The summed E-state index contributed by atoms with van der Waals surface area (Å²) in [6.07, 6.45) is 0.282. The molecule has 0 heterocycles. The molecule has 2 N–H and O–H groups in total. The van der Waals surface area contributed by atoms with Crippen LogP contribution in [0.4, 0.5) is 0 Å². The molecule has 0 saturated carbocycles. The molecule has 0 aliphatic rings. The third-order valence-corrected chi connectivity index (χ3v) is 0.689. The lowest BCUT2D eigenvalue weighted by Crippen LogP contribution is -2.26. The van der Waals surface area contributed by atoms with E-state index in [1.165, 1.54) is 0 Å². The summed E-state index contributed by atoms with van der Waals surface area (Å²) in [5, 5.41) is 10.1. The predicted octanol–water partition coefficient (Wildman–Crippen LogP) is -1.73. The van der Waals surface area contributed by atoms with E-state index in [0.717, 1.165) is 0 Å². The van der Waals surface area contributed by atoms with E-state index in [1.54, 1.807) is 0 Å². The molecule has 0 fully saturated rings. The molecule has 0 bridgehead atoms. The number of rotatable bonds is 5. The van der Waals surface area contributed by atoms with Crippen molar-refractivity contribution >= 4 is 12.3 Å².